The van der Waals surface area contributed by atoms with E-state index in [1.165, 1.54) is 24.8 Å². The van der Waals surface area contributed by atoms with Crippen molar-refractivity contribution in [2.24, 2.45) is 0 Å². The minimum atomic E-state index is -3.11. The maximum Gasteiger partial charge on any atom is 0.338 e. The first kappa shape index (κ1) is 18.7. The molecule has 2 aliphatic rings. The van der Waals surface area contributed by atoms with Gasteiger partial charge in [0.25, 0.3) is 5.91 Å². The average Bonchev–Trinajstić information content (AvgIpc) is 2.92. The summed E-state index contributed by atoms with van der Waals surface area (Å²) in [5.41, 5.74) is 0.753. The van der Waals surface area contributed by atoms with Crippen molar-refractivity contribution in [1.29, 1.82) is 0 Å². The Bertz CT molecular complexity index is 867. The molecule has 0 saturated carbocycles. The van der Waals surface area contributed by atoms with E-state index in [9.17, 15) is 22.8 Å². The third-order valence-corrected chi connectivity index (χ3v) is 6.92. The van der Waals surface area contributed by atoms with Crippen LogP contribution in [0.1, 0.15) is 23.7 Å². The summed E-state index contributed by atoms with van der Waals surface area (Å²) in [6.45, 7) is 1.42. The van der Waals surface area contributed by atoms with E-state index < -0.39 is 33.9 Å². The maximum atomic E-state index is 12.2. The van der Waals surface area contributed by atoms with Crippen LogP contribution in [0.3, 0.4) is 0 Å². The SMILES string of the molecule is C[C@H](OC(=O)c1ccc2c(c1)NC(=O)CS2)C(=O)N[C@@H]1CCS(=O)(=O)C1. The molecular formula is C16H18N2O6S2. The molecule has 140 valence electrons. The molecule has 0 aliphatic carbocycles. The van der Waals surface area contributed by atoms with Gasteiger partial charge in [-0.2, -0.15) is 0 Å². The van der Waals surface area contributed by atoms with Crippen molar-refractivity contribution < 1.29 is 27.5 Å². The first-order valence-corrected chi connectivity index (χ1v) is 10.8. The van der Waals surface area contributed by atoms with E-state index in [2.05, 4.69) is 10.6 Å². The van der Waals surface area contributed by atoms with Crippen LogP contribution in [0.25, 0.3) is 0 Å². The molecule has 1 aromatic rings. The molecule has 8 nitrogen and oxygen atoms in total. The van der Waals surface area contributed by atoms with Gasteiger partial charge < -0.3 is 15.4 Å². The molecule has 2 amide bonds. The van der Waals surface area contributed by atoms with Crippen molar-refractivity contribution in [3.05, 3.63) is 23.8 Å². The van der Waals surface area contributed by atoms with Crippen LogP contribution < -0.4 is 10.6 Å². The number of benzene rings is 1. The van der Waals surface area contributed by atoms with Gasteiger partial charge in [0, 0.05) is 10.9 Å². The summed E-state index contributed by atoms with van der Waals surface area (Å²) in [5, 5.41) is 5.27. The van der Waals surface area contributed by atoms with Crippen LogP contribution in [-0.2, 0) is 24.2 Å². The zero-order valence-electron chi connectivity index (χ0n) is 14.0. The van der Waals surface area contributed by atoms with E-state index in [1.54, 1.807) is 12.1 Å². The van der Waals surface area contributed by atoms with E-state index in [4.69, 9.17) is 4.74 Å². The van der Waals surface area contributed by atoms with Crippen molar-refractivity contribution >= 4 is 45.1 Å². The zero-order chi connectivity index (χ0) is 18.9. The minimum absolute atomic E-state index is 0.0466. The fourth-order valence-electron chi connectivity index (χ4n) is 2.72. The molecule has 3 rings (SSSR count). The number of ether oxygens (including phenoxy) is 1. The Morgan fingerprint density at radius 2 is 2.15 bits per heavy atom. The molecule has 26 heavy (non-hydrogen) atoms. The number of anilines is 1. The number of hydrogen-bond donors (Lipinski definition) is 2. The van der Waals surface area contributed by atoms with Crippen LogP contribution in [0, 0.1) is 0 Å². The van der Waals surface area contributed by atoms with Gasteiger partial charge in [0.2, 0.25) is 5.91 Å². The van der Waals surface area contributed by atoms with Crippen LogP contribution in [0.15, 0.2) is 23.1 Å². The van der Waals surface area contributed by atoms with Crippen molar-refractivity contribution in [2.75, 3.05) is 22.6 Å². The molecular weight excluding hydrogens is 380 g/mol. The van der Waals surface area contributed by atoms with Gasteiger partial charge in [-0.3, -0.25) is 9.59 Å². The Morgan fingerprint density at radius 1 is 1.38 bits per heavy atom. The predicted molar refractivity (Wildman–Crippen MR) is 95.9 cm³/mol. The highest BCUT2D eigenvalue weighted by molar-refractivity contribution is 8.00. The number of hydrogen-bond acceptors (Lipinski definition) is 7. The zero-order valence-corrected chi connectivity index (χ0v) is 15.6. The number of fused-ring (bicyclic) bond motifs is 1. The van der Waals surface area contributed by atoms with Crippen LogP contribution in [0.4, 0.5) is 5.69 Å². The first-order valence-electron chi connectivity index (χ1n) is 8.02. The van der Waals surface area contributed by atoms with Gasteiger partial charge in [-0.15, -0.1) is 11.8 Å². The molecule has 10 heteroatoms. The summed E-state index contributed by atoms with van der Waals surface area (Å²) >= 11 is 1.38. The Kier molecular flexibility index (Phi) is 5.24. The number of carbonyl (C=O) groups excluding carboxylic acids is 3. The largest absolute Gasteiger partial charge is 0.449 e. The van der Waals surface area contributed by atoms with Gasteiger partial charge in [-0.1, -0.05) is 0 Å². The Balaban J connectivity index is 1.59. The monoisotopic (exact) mass is 398 g/mol. The van der Waals surface area contributed by atoms with Crippen LogP contribution >= 0.6 is 11.8 Å². The predicted octanol–water partition coefficient (Wildman–Crippen LogP) is 0.579. The Morgan fingerprint density at radius 3 is 2.85 bits per heavy atom. The Hall–Kier alpha value is -2.07. The lowest BCUT2D eigenvalue weighted by atomic mass is 10.2. The van der Waals surface area contributed by atoms with Crippen LogP contribution in [0.5, 0.6) is 0 Å². The normalized spacial score (nSPS) is 22.0. The van der Waals surface area contributed by atoms with Gasteiger partial charge in [0.1, 0.15) is 0 Å². The molecule has 1 fully saturated rings. The van der Waals surface area contributed by atoms with Gasteiger partial charge in [0.15, 0.2) is 15.9 Å². The lowest BCUT2D eigenvalue weighted by Crippen LogP contribution is -2.42. The standard InChI is InChI=1S/C16H18N2O6S2/c1-9(15(20)17-11-4-5-26(22,23)8-11)24-16(21)10-2-3-13-12(6-10)18-14(19)7-25-13/h2-3,6,9,11H,4-5,7-8H2,1H3,(H,17,20)(H,18,19)/t9-,11+/m0/s1. The lowest BCUT2D eigenvalue weighted by Gasteiger charge is -2.18. The minimum Gasteiger partial charge on any atom is -0.449 e. The van der Waals surface area contributed by atoms with Crippen molar-refractivity contribution in [3.8, 4) is 0 Å². The van der Waals surface area contributed by atoms with Crippen molar-refractivity contribution in [1.82, 2.24) is 5.32 Å². The second kappa shape index (κ2) is 7.28. The molecule has 2 aliphatic heterocycles. The van der Waals surface area contributed by atoms with Gasteiger partial charge in [-0.05, 0) is 31.5 Å². The summed E-state index contributed by atoms with van der Waals surface area (Å²) < 4.78 is 28.0. The number of rotatable bonds is 4. The molecule has 1 aromatic carbocycles. The fraction of sp³-hybridized carbons (Fsp3) is 0.438. The molecule has 2 heterocycles. The summed E-state index contributed by atoms with van der Waals surface area (Å²) in [6, 6.07) is 4.34. The number of nitrogens with one attached hydrogen (secondary N) is 2. The highest BCUT2D eigenvalue weighted by Gasteiger charge is 2.31. The van der Waals surface area contributed by atoms with E-state index in [1.807, 2.05) is 0 Å². The molecule has 1 saturated heterocycles. The summed E-state index contributed by atoms with van der Waals surface area (Å²) in [7, 11) is -3.11. The number of thioether (sulfide) groups is 1. The number of esters is 1. The Labute approximate surface area is 155 Å². The second-order valence-electron chi connectivity index (χ2n) is 6.20. The summed E-state index contributed by atoms with van der Waals surface area (Å²) in [4.78, 5) is 36.7. The third kappa shape index (κ3) is 4.36. The molecule has 2 atom stereocenters. The fourth-order valence-corrected chi connectivity index (χ4v) is 5.18. The summed E-state index contributed by atoms with van der Waals surface area (Å²) in [6.07, 6.45) is -0.706. The number of carbonyl (C=O) groups is 3. The molecule has 0 spiro atoms. The molecule has 2 N–H and O–H groups in total. The smallest absolute Gasteiger partial charge is 0.338 e. The highest BCUT2D eigenvalue weighted by atomic mass is 32.2. The van der Waals surface area contributed by atoms with E-state index in [0.29, 0.717) is 17.9 Å². The quantitative estimate of drug-likeness (QED) is 0.712. The number of sulfone groups is 1. The molecule has 0 unspecified atom stereocenters. The van der Waals surface area contributed by atoms with E-state index >= 15 is 0 Å². The molecule has 0 bridgehead atoms. The molecule has 0 radical (unpaired) electrons. The summed E-state index contributed by atoms with van der Waals surface area (Å²) in [5.74, 6) is -1.11. The topological polar surface area (TPSA) is 119 Å². The van der Waals surface area contributed by atoms with Crippen molar-refractivity contribution in [3.63, 3.8) is 0 Å². The van der Waals surface area contributed by atoms with Gasteiger partial charge in [-0.25, -0.2) is 13.2 Å². The van der Waals surface area contributed by atoms with E-state index in [-0.39, 0.29) is 23.0 Å². The first-order chi connectivity index (χ1) is 12.2. The van der Waals surface area contributed by atoms with Gasteiger partial charge >= 0.3 is 5.97 Å². The maximum absolute atomic E-state index is 12.2. The van der Waals surface area contributed by atoms with E-state index in [0.717, 1.165) is 4.90 Å². The lowest BCUT2D eigenvalue weighted by molar-refractivity contribution is -0.129. The van der Waals surface area contributed by atoms with Crippen LogP contribution in [-0.4, -0.2) is 55.6 Å². The van der Waals surface area contributed by atoms with Crippen LogP contribution in [0.2, 0.25) is 0 Å². The highest BCUT2D eigenvalue weighted by Crippen LogP contribution is 2.32. The third-order valence-electron chi connectivity index (χ3n) is 4.08. The molecule has 0 aromatic heterocycles. The number of amides is 2. The second-order valence-corrected chi connectivity index (χ2v) is 9.45. The average molecular weight is 398 g/mol. The van der Waals surface area contributed by atoms with Gasteiger partial charge in [0.05, 0.1) is 28.5 Å². The van der Waals surface area contributed by atoms with Crippen molar-refractivity contribution in [2.45, 2.75) is 30.4 Å².